The van der Waals surface area contributed by atoms with E-state index in [0.717, 1.165) is 0 Å². The SMILES string of the molecule is COC(=O)[C@@H](NC(=O)N=[N+]=[N-])C(C)C. The molecule has 0 bridgehead atoms. The Bertz CT molecular complexity index is 270. The van der Waals surface area contributed by atoms with Gasteiger partial charge >= 0.3 is 12.0 Å². The van der Waals surface area contributed by atoms with Crippen molar-refractivity contribution in [3.8, 4) is 0 Å². The van der Waals surface area contributed by atoms with Crippen LogP contribution in [-0.4, -0.2) is 25.2 Å². The van der Waals surface area contributed by atoms with E-state index in [1.54, 1.807) is 13.8 Å². The van der Waals surface area contributed by atoms with Crippen LogP contribution in [-0.2, 0) is 9.53 Å². The summed E-state index contributed by atoms with van der Waals surface area (Å²) in [5.41, 5.74) is 7.97. The lowest BCUT2D eigenvalue weighted by Crippen LogP contribution is -2.43. The van der Waals surface area contributed by atoms with E-state index in [4.69, 9.17) is 5.53 Å². The molecular weight excluding hydrogens is 188 g/mol. The molecule has 78 valence electrons. The van der Waals surface area contributed by atoms with Crippen LogP contribution in [0.1, 0.15) is 13.8 Å². The van der Waals surface area contributed by atoms with E-state index in [9.17, 15) is 9.59 Å². The molecule has 0 aromatic carbocycles. The fourth-order valence-electron chi connectivity index (χ4n) is 0.827. The van der Waals surface area contributed by atoms with Gasteiger partial charge in [0, 0.05) is 10.0 Å². The lowest BCUT2D eigenvalue weighted by molar-refractivity contribution is -0.143. The number of rotatable bonds is 3. The number of nitrogens with one attached hydrogen (secondary N) is 1. The van der Waals surface area contributed by atoms with Crippen molar-refractivity contribution in [2.75, 3.05) is 7.11 Å². The molecule has 1 atom stereocenters. The lowest BCUT2D eigenvalue weighted by atomic mass is 10.1. The fourth-order valence-corrected chi connectivity index (χ4v) is 0.827. The smallest absolute Gasteiger partial charge is 0.328 e. The quantitative estimate of drug-likeness (QED) is 0.320. The highest BCUT2D eigenvalue weighted by molar-refractivity contribution is 5.84. The molecule has 0 aromatic rings. The molecule has 7 heteroatoms. The number of esters is 1. The van der Waals surface area contributed by atoms with Gasteiger partial charge < -0.3 is 10.1 Å². The van der Waals surface area contributed by atoms with Crippen LogP contribution in [0.4, 0.5) is 4.79 Å². The van der Waals surface area contributed by atoms with Gasteiger partial charge in [0.05, 0.1) is 7.11 Å². The second kappa shape index (κ2) is 5.82. The first-order valence-corrected chi connectivity index (χ1v) is 3.96. The molecule has 0 unspecified atom stereocenters. The molecule has 0 aromatic heterocycles. The number of hydrogen-bond donors (Lipinski definition) is 1. The normalized spacial score (nSPS) is 11.4. The highest BCUT2D eigenvalue weighted by Gasteiger charge is 2.24. The number of carbonyl (C=O) groups is 2. The van der Waals surface area contributed by atoms with Gasteiger partial charge in [-0.05, 0) is 11.4 Å². The van der Waals surface area contributed by atoms with Crippen molar-refractivity contribution in [3.05, 3.63) is 10.4 Å². The number of methoxy groups -OCH3 is 1. The topological polar surface area (TPSA) is 104 Å². The van der Waals surface area contributed by atoms with Crippen LogP contribution >= 0.6 is 0 Å². The van der Waals surface area contributed by atoms with E-state index in [1.165, 1.54) is 7.11 Å². The standard InChI is InChI=1S/C7H12N4O3/c1-4(2)5(6(12)14-3)9-7(13)10-11-8/h4-5H,1-3H3,(H,9,13)/t5-/m0/s1. The number of urea groups is 1. The summed E-state index contributed by atoms with van der Waals surface area (Å²) >= 11 is 0. The first kappa shape index (κ1) is 12.2. The van der Waals surface area contributed by atoms with E-state index in [2.05, 4.69) is 20.1 Å². The summed E-state index contributed by atoms with van der Waals surface area (Å²) in [6.07, 6.45) is 0. The highest BCUT2D eigenvalue weighted by Crippen LogP contribution is 2.03. The van der Waals surface area contributed by atoms with Crippen LogP contribution in [0, 0.1) is 5.92 Å². The molecule has 14 heavy (non-hydrogen) atoms. The van der Waals surface area contributed by atoms with Crippen molar-refractivity contribution in [2.24, 2.45) is 11.0 Å². The van der Waals surface area contributed by atoms with Crippen LogP contribution in [0.3, 0.4) is 0 Å². The Morgan fingerprint density at radius 2 is 2.07 bits per heavy atom. The average molecular weight is 200 g/mol. The summed E-state index contributed by atoms with van der Waals surface area (Å²) in [5, 5.41) is 5.02. The molecule has 7 nitrogen and oxygen atoms in total. The van der Waals surface area contributed by atoms with Crippen molar-refractivity contribution in [3.63, 3.8) is 0 Å². The second-order valence-corrected chi connectivity index (χ2v) is 2.88. The monoisotopic (exact) mass is 200 g/mol. The molecule has 0 radical (unpaired) electrons. The van der Waals surface area contributed by atoms with Crippen molar-refractivity contribution < 1.29 is 14.3 Å². The molecule has 0 aliphatic heterocycles. The summed E-state index contributed by atoms with van der Waals surface area (Å²) in [6.45, 7) is 3.47. The molecule has 0 saturated heterocycles. The van der Waals surface area contributed by atoms with E-state index < -0.39 is 18.0 Å². The number of ether oxygens (including phenoxy) is 1. The minimum absolute atomic E-state index is 0.139. The summed E-state index contributed by atoms with van der Waals surface area (Å²) < 4.78 is 4.46. The van der Waals surface area contributed by atoms with E-state index in [-0.39, 0.29) is 5.92 Å². The minimum Gasteiger partial charge on any atom is -0.467 e. The van der Waals surface area contributed by atoms with Crippen molar-refractivity contribution in [2.45, 2.75) is 19.9 Å². The van der Waals surface area contributed by atoms with Crippen LogP contribution in [0.5, 0.6) is 0 Å². The zero-order valence-electron chi connectivity index (χ0n) is 8.22. The van der Waals surface area contributed by atoms with Gasteiger partial charge in [-0.2, -0.15) is 0 Å². The molecule has 0 aliphatic carbocycles. The zero-order chi connectivity index (χ0) is 11.1. The Balaban J connectivity index is 4.45. The third-order valence-corrected chi connectivity index (χ3v) is 1.54. The molecule has 1 N–H and O–H groups in total. The minimum atomic E-state index is -0.892. The Kier molecular flexibility index (Phi) is 5.09. The van der Waals surface area contributed by atoms with Crippen molar-refractivity contribution in [1.29, 1.82) is 0 Å². The van der Waals surface area contributed by atoms with E-state index in [0.29, 0.717) is 0 Å². The zero-order valence-corrected chi connectivity index (χ0v) is 8.22. The number of nitrogens with zero attached hydrogens (tertiary/aromatic N) is 3. The van der Waals surface area contributed by atoms with Gasteiger partial charge in [-0.3, -0.25) is 4.79 Å². The average Bonchev–Trinajstić information content (AvgIpc) is 2.13. The first-order valence-electron chi connectivity index (χ1n) is 3.96. The number of hydrogen-bond acceptors (Lipinski definition) is 3. The second-order valence-electron chi connectivity index (χ2n) is 2.88. The Morgan fingerprint density at radius 1 is 1.50 bits per heavy atom. The van der Waals surface area contributed by atoms with Crippen LogP contribution in [0.15, 0.2) is 5.11 Å². The predicted molar refractivity (Wildman–Crippen MR) is 48.3 cm³/mol. The first-order chi connectivity index (χ1) is 6.52. The highest BCUT2D eigenvalue weighted by atomic mass is 16.5. The number of azide groups is 1. The molecule has 0 fully saturated rings. The van der Waals surface area contributed by atoms with E-state index >= 15 is 0 Å². The molecular formula is C7H12N4O3. The summed E-state index contributed by atoms with van der Waals surface area (Å²) in [4.78, 5) is 24.3. The van der Waals surface area contributed by atoms with Crippen molar-refractivity contribution in [1.82, 2.24) is 5.32 Å². The molecule has 0 rings (SSSR count). The van der Waals surface area contributed by atoms with Crippen LogP contribution < -0.4 is 5.32 Å². The van der Waals surface area contributed by atoms with Gasteiger partial charge in [-0.1, -0.05) is 13.8 Å². The Morgan fingerprint density at radius 3 is 2.43 bits per heavy atom. The van der Waals surface area contributed by atoms with Gasteiger partial charge in [-0.15, -0.1) is 0 Å². The Labute approximate surface area is 81.0 Å². The maximum absolute atomic E-state index is 11.1. The van der Waals surface area contributed by atoms with Crippen LogP contribution in [0.25, 0.3) is 10.4 Å². The van der Waals surface area contributed by atoms with Gasteiger partial charge in [0.1, 0.15) is 6.04 Å². The van der Waals surface area contributed by atoms with E-state index in [1.807, 2.05) is 0 Å². The molecule has 0 spiro atoms. The third-order valence-electron chi connectivity index (χ3n) is 1.54. The molecule has 0 saturated carbocycles. The molecule has 2 amide bonds. The maximum Gasteiger partial charge on any atom is 0.328 e. The fraction of sp³-hybridized carbons (Fsp3) is 0.714. The van der Waals surface area contributed by atoms with Gasteiger partial charge in [0.25, 0.3) is 0 Å². The summed E-state index contributed by atoms with van der Waals surface area (Å²) in [6, 6.07) is -1.69. The lowest BCUT2D eigenvalue weighted by Gasteiger charge is -2.18. The summed E-state index contributed by atoms with van der Waals surface area (Å²) in [5.74, 6) is -0.707. The number of amides is 2. The van der Waals surface area contributed by atoms with Crippen molar-refractivity contribution >= 4 is 12.0 Å². The van der Waals surface area contributed by atoms with Gasteiger partial charge in [-0.25, -0.2) is 4.79 Å². The number of carbonyl (C=O) groups excluding carboxylic acids is 2. The molecule has 0 heterocycles. The van der Waals surface area contributed by atoms with Gasteiger partial charge in [0.2, 0.25) is 0 Å². The maximum atomic E-state index is 11.1. The molecule has 0 aliphatic rings. The van der Waals surface area contributed by atoms with Gasteiger partial charge in [0.15, 0.2) is 0 Å². The predicted octanol–water partition coefficient (Wildman–Crippen LogP) is 1.20. The summed E-state index contributed by atoms with van der Waals surface area (Å²) in [7, 11) is 1.22. The third kappa shape index (κ3) is 3.77. The van der Waals surface area contributed by atoms with Crippen LogP contribution in [0.2, 0.25) is 0 Å². The Hall–Kier alpha value is -1.75. The largest absolute Gasteiger partial charge is 0.467 e.